The Balaban J connectivity index is 1.02. The van der Waals surface area contributed by atoms with Gasteiger partial charge in [0.2, 0.25) is 0 Å². The minimum atomic E-state index is 0.875. The predicted molar refractivity (Wildman–Crippen MR) is 264 cm³/mol. The van der Waals surface area contributed by atoms with Crippen LogP contribution in [0.5, 0.6) is 0 Å². The van der Waals surface area contributed by atoms with Gasteiger partial charge in [0.05, 0.1) is 16.7 Å². The van der Waals surface area contributed by atoms with Crippen molar-refractivity contribution >= 4 is 60.8 Å². The highest BCUT2D eigenvalue weighted by Crippen LogP contribution is 2.47. The molecule has 63 heavy (non-hydrogen) atoms. The van der Waals surface area contributed by atoms with E-state index in [4.69, 9.17) is 4.42 Å². The molecule has 0 radical (unpaired) electrons. The topological polar surface area (TPSA) is 21.3 Å². The second kappa shape index (κ2) is 15.3. The molecule has 0 unspecified atom stereocenters. The highest BCUT2D eigenvalue weighted by Gasteiger charge is 2.23. The predicted octanol–water partition coefficient (Wildman–Crippen LogP) is 16.8. The van der Waals surface area contributed by atoms with Crippen molar-refractivity contribution in [2.45, 2.75) is 0 Å². The number of aromatic nitrogens is 1. The normalized spacial score (nSPS) is 11.5. The molecule has 12 rings (SSSR count). The summed E-state index contributed by atoms with van der Waals surface area (Å²) in [6.45, 7) is 0. The minimum absolute atomic E-state index is 0.875. The fourth-order valence-corrected chi connectivity index (χ4v) is 9.50. The SMILES string of the molecule is c1ccc(-c2cccc(N(c3ccc(-c4cccc(-n5c6ccccc6c6ccccc65)c4)cc3)c3ccccc3-c3ccc(-c4ccccc4)c4oc5ccccc5c34)c2)cc1. The molecule has 0 saturated heterocycles. The summed E-state index contributed by atoms with van der Waals surface area (Å²) in [5, 5.41) is 4.72. The summed E-state index contributed by atoms with van der Waals surface area (Å²) in [6, 6.07) is 87.0. The maximum Gasteiger partial charge on any atom is 0.143 e. The fourth-order valence-electron chi connectivity index (χ4n) is 9.50. The van der Waals surface area contributed by atoms with Crippen molar-refractivity contribution in [1.29, 1.82) is 0 Å². The van der Waals surface area contributed by atoms with Crippen molar-refractivity contribution < 1.29 is 4.42 Å². The Kier molecular flexibility index (Phi) is 8.83. The van der Waals surface area contributed by atoms with Gasteiger partial charge in [-0.15, -0.1) is 0 Å². The number of hydrogen-bond donors (Lipinski definition) is 0. The van der Waals surface area contributed by atoms with E-state index in [0.29, 0.717) is 0 Å². The van der Waals surface area contributed by atoms with Crippen molar-refractivity contribution in [3.8, 4) is 50.2 Å². The van der Waals surface area contributed by atoms with Crippen LogP contribution in [-0.2, 0) is 0 Å². The van der Waals surface area contributed by atoms with Gasteiger partial charge in [-0.2, -0.15) is 0 Å². The molecule has 2 heterocycles. The smallest absolute Gasteiger partial charge is 0.143 e. The summed E-state index contributed by atoms with van der Waals surface area (Å²) >= 11 is 0. The Morgan fingerprint density at radius 2 is 0.889 bits per heavy atom. The number of benzene rings is 10. The van der Waals surface area contributed by atoms with Gasteiger partial charge in [-0.3, -0.25) is 0 Å². The highest BCUT2D eigenvalue weighted by atomic mass is 16.3. The van der Waals surface area contributed by atoms with Crippen LogP contribution in [0.25, 0.3) is 93.9 Å². The Morgan fingerprint density at radius 1 is 0.333 bits per heavy atom. The van der Waals surface area contributed by atoms with Crippen LogP contribution in [0.2, 0.25) is 0 Å². The van der Waals surface area contributed by atoms with Gasteiger partial charge in [0.15, 0.2) is 0 Å². The van der Waals surface area contributed by atoms with E-state index in [1.807, 2.05) is 6.07 Å². The van der Waals surface area contributed by atoms with E-state index >= 15 is 0 Å². The van der Waals surface area contributed by atoms with E-state index in [-0.39, 0.29) is 0 Å². The number of nitrogens with zero attached hydrogens (tertiary/aromatic N) is 2. The summed E-state index contributed by atoms with van der Waals surface area (Å²) in [7, 11) is 0. The van der Waals surface area contributed by atoms with Gasteiger partial charge >= 0.3 is 0 Å². The quantitative estimate of drug-likeness (QED) is 0.153. The minimum Gasteiger partial charge on any atom is -0.455 e. The van der Waals surface area contributed by atoms with Gasteiger partial charge in [0.1, 0.15) is 11.2 Å². The van der Waals surface area contributed by atoms with Gasteiger partial charge in [-0.25, -0.2) is 0 Å². The highest BCUT2D eigenvalue weighted by molar-refractivity contribution is 6.17. The van der Waals surface area contributed by atoms with Crippen molar-refractivity contribution in [1.82, 2.24) is 4.57 Å². The van der Waals surface area contributed by atoms with E-state index in [0.717, 1.165) is 83.6 Å². The molecule has 0 N–H and O–H groups in total. The van der Waals surface area contributed by atoms with E-state index in [9.17, 15) is 0 Å². The van der Waals surface area contributed by atoms with Gasteiger partial charge in [0, 0.05) is 49.7 Å². The standard InChI is InChI=1S/C60H40N2O/c1-3-17-41(18-4-1)44-21-15-23-47(39-44)61(46-35-33-42(34-36-46)45-22-16-24-48(40-45)62-56-30-12-7-25-50(56)51-26-8-13-31-57(51)62)55-29-11-9-27-52(55)53-38-37-49(43-19-5-2-6-20-43)60-59(53)54-28-10-14-32-58(54)63-60/h1-40H. The molecule has 3 heteroatoms. The van der Waals surface area contributed by atoms with E-state index in [2.05, 4.69) is 246 Å². The zero-order valence-electron chi connectivity index (χ0n) is 34.4. The lowest BCUT2D eigenvalue weighted by molar-refractivity contribution is 0.670. The lowest BCUT2D eigenvalue weighted by Gasteiger charge is -2.28. The number of rotatable bonds is 8. The number of fused-ring (bicyclic) bond motifs is 6. The van der Waals surface area contributed by atoms with Crippen LogP contribution in [0.4, 0.5) is 17.1 Å². The van der Waals surface area contributed by atoms with E-state index < -0.39 is 0 Å². The first-order chi connectivity index (χ1) is 31.3. The van der Waals surface area contributed by atoms with Crippen molar-refractivity contribution in [3.05, 3.63) is 243 Å². The molecule has 0 aliphatic rings. The van der Waals surface area contributed by atoms with Crippen LogP contribution in [-0.4, -0.2) is 4.57 Å². The van der Waals surface area contributed by atoms with E-state index in [1.165, 1.54) is 27.4 Å². The maximum absolute atomic E-state index is 6.75. The molecule has 296 valence electrons. The molecule has 10 aromatic carbocycles. The average Bonchev–Trinajstić information content (AvgIpc) is 3.92. The van der Waals surface area contributed by atoms with Gasteiger partial charge in [0.25, 0.3) is 0 Å². The van der Waals surface area contributed by atoms with Crippen LogP contribution < -0.4 is 4.90 Å². The van der Waals surface area contributed by atoms with Crippen molar-refractivity contribution in [2.24, 2.45) is 0 Å². The molecular formula is C60H40N2O. The third kappa shape index (κ3) is 6.29. The molecule has 0 spiro atoms. The van der Waals surface area contributed by atoms with Gasteiger partial charge in [-0.1, -0.05) is 176 Å². The molecule has 12 aromatic rings. The third-order valence-corrected chi connectivity index (χ3v) is 12.4. The Bertz CT molecular complexity index is 3570. The first kappa shape index (κ1) is 36.5. The number of furan rings is 1. The Morgan fingerprint density at radius 3 is 1.63 bits per heavy atom. The van der Waals surface area contributed by atoms with Crippen LogP contribution in [0.3, 0.4) is 0 Å². The van der Waals surface area contributed by atoms with E-state index in [1.54, 1.807) is 0 Å². The zero-order chi connectivity index (χ0) is 41.7. The second-order valence-electron chi connectivity index (χ2n) is 16.1. The molecule has 2 aromatic heterocycles. The van der Waals surface area contributed by atoms with Gasteiger partial charge in [-0.05, 0) is 100 Å². The second-order valence-corrected chi connectivity index (χ2v) is 16.1. The van der Waals surface area contributed by atoms with Crippen LogP contribution in [0.15, 0.2) is 247 Å². The Hall–Kier alpha value is -8.40. The first-order valence-electron chi connectivity index (χ1n) is 21.5. The molecule has 0 aliphatic carbocycles. The monoisotopic (exact) mass is 804 g/mol. The first-order valence-corrected chi connectivity index (χ1v) is 21.5. The molecule has 0 fully saturated rings. The average molecular weight is 805 g/mol. The van der Waals surface area contributed by atoms with Crippen LogP contribution in [0.1, 0.15) is 0 Å². The van der Waals surface area contributed by atoms with Gasteiger partial charge < -0.3 is 13.9 Å². The summed E-state index contributed by atoms with van der Waals surface area (Å²) in [5.41, 5.74) is 17.6. The number of anilines is 3. The van der Waals surface area contributed by atoms with Crippen LogP contribution in [0, 0.1) is 0 Å². The third-order valence-electron chi connectivity index (χ3n) is 12.4. The van der Waals surface area contributed by atoms with Crippen molar-refractivity contribution in [3.63, 3.8) is 0 Å². The lowest BCUT2D eigenvalue weighted by Crippen LogP contribution is -2.11. The largest absolute Gasteiger partial charge is 0.455 e. The Labute approximate surface area is 366 Å². The molecule has 0 amide bonds. The molecule has 0 saturated carbocycles. The summed E-state index contributed by atoms with van der Waals surface area (Å²) in [5.74, 6) is 0. The molecular weight excluding hydrogens is 765 g/mol. The number of hydrogen-bond acceptors (Lipinski definition) is 2. The lowest BCUT2D eigenvalue weighted by atomic mass is 9.93. The molecule has 0 aliphatic heterocycles. The summed E-state index contributed by atoms with van der Waals surface area (Å²) in [4.78, 5) is 2.40. The fraction of sp³-hybridized carbons (Fsp3) is 0. The molecule has 3 nitrogen and oxygen atoms in total. The zero-order valence-corrected chi connectivity index (χ0v) is 34.4. The number of para-hydroxylation sites is 4. The molecule has 0 atom stereocenters. The van der Waals surface area contributed by atoms with Crippen molar-refractivity contribution in [2.75, 3.05) is 4.90 Å². The summed E-state index contributed by atoms with van der Waals surface area (Å²) < 4.78 is 9.13. The summed E-state index contributed by atoms with van der Waals surface area (Å²) in [6.07, 6.45) is 0. The maximum atomic E-state index is 6.75. The van der Waals surface area contributed by atoms with Crippen LogP contribution >= 0.6 is 0 Å². The molecule has 0 bridgehead atoms.